The van der Waals surface area contributed by atoms with Crippen LogP contribution in [0.25, 0.3) is 0 Å². The molecular formula is C35H37Cl2N3O4S. The molecule has 7 nitrogen and oxygen atoms in total. The molecule has 2 amide bonds. The molecule has 0 aromatic heterocycles. The third kappa shape index (κ3) is 9.33. The van der Waals surface area contributed by atoms with E-state index < -0.39 is 34.1 Å². The molecule has 45 heavy (non-hydrogen) atoms. The number of nitrogens with zero attached hydrogens (tertiary/aromatic N) is 2. The predicted octanol–water partition coefficient (Wildman–Crippen LogP) is 7.05. The number of nitrogens with one attached hydrogen (secondary N) is 1. The van der Waals surface area contributed by atoms with Gasteiger partial charge in [0.15, 0.2) is 0 Å². The average molecular weight is 667 g/mol. The molecule has 0 spiro atoms. The molecule has 0 heterocycles. The number of hydrogen-bond acceptors (Lipinski definition) is 4. The fourth-order valence-corrected chi connectivity index (χ4v) is 6.43. The highest BCUT2D eigenvalue weighted by molar-refractivity contribution is 7.92. The Morgan fingerprint density at radius 2 is 1.33 bits per heavy atom. The molecule has 236 valence electrons. The zero-order chi connectivity index (χ0) is 32.8. The van der Waals surface area contributed by atoms with Crippen LogP contribution in [0.5, 0.6) is 0 Å². The van der Waals surface area contributed by atoms with Gasteiger partial charge in [0, 0.05) is 28.5 Å². The van der Waals surface area contributed by atoms with Gasteiger partial charge in [-0.2, -0.15) is 0 Å². The normalized spacial score (nSPS) is 12.3. The van der Waals surface area contributed by atoms with Crippen LogP contribution in [-0.2, 0) is 32.6 Å². The standard InChI is InChI=1S/C35H37Cl2N3O4S/c1-25-10-20-31(21-11-25)45(43,44)40(30-18-16-29(37)17-19-30)24-33(41)39(23-27-12-14-28(36)15-13-27)32(34(42)38-35(2,3)4)22-26-8-6-5-7-9-26/h5-21,32H,22-24H2,1-4H3,(H,38,42)/t32-/m0/s1. The molecule has 0 aliphatic carbocycles. The van der Waals surface area contributed by atoms with Gasteiger partial charge in [-0.3, -0.25) is 13.9 Å². The molecule has 4 rings (SSSR count). The maximum absolute atomic E-state index is 14.5. The second-order valence-corrected chi connectivity index (χ2v) is 14.6. The number of amides is 2. The molecule has 0 saturated carbocycles. The van der Waals surface area contributed by atoms with E-state index in [1.54, 1.807) is 60.7 Å². The van der Waals surface area contributed by atoms with Crippen LogP contribution < -0.4 is 9.62 Å². The third-order valence-corrected chi connectivity index (χ3v) is 9.33. The number of aryl methyl sites for hydroxylation is 1. The second kappa shape index (κ2) is 14.5. The van der Waals surface area contributed by atoms with Gasteiger partial charge < -0.3 is 10.2 Å². The Bertz CT molecular complexity index is 1710. The first-order chi connectivity index (χ1) is 21.2. The number of hydrogen-bond donors (Lipinski definition) is 1. The Morgan fingerprint density at radius 1 is 0.778 bits per heavy atom. The molecule has 1 atom stereocenters. The topological polar surface area (TPSA) is 86.8 Å². The number of sulfonamides is 1. The Kier molecular flexibility index (Phi) is 11.0. The Morgan fingerprint density at radius 3 is 1.89 bits per heavy atom. The van der Waals surface area contributed by atoms with Crippen LogP contribution in [-0.4, -0.2) is 43.3 Å². The highest BCUT2D eigenvalue weighted by Crippen LogP contribution is 2.27. The molecule has 0 aliphatic heterocycles. The summed E-state index contributed by atoms with van der Waals surface area (Å²) in [6.45, 7) is 6.95. The quantitative estimate of drug-likeness (QED) is 0.186. The smallest absolute Gasteiger partial charge is 0.264 e. The number of rotatable bonds is 11. The van der Waals surface area contributed by atoms with Crippen molar-refractivity contribution in [2.45, 2.75) is 57.1 Å². The molecule has 0 aliphatic rings. The van der Waals surface area contributed by atoms with E-state index in [0.717, 1.165) is 21.0 Å². The number of anilines is 1. The first-order valence-electron chi connectivity index (χ1n) is 14.5. The van der Waals surface area contributed by atoms with Gasteiger partial charge >= 0.3 is 0 Å². The van der Waals surface area contributed by atoms with Gasteiger partial charge in [0.2, 0.25) is 11.8 Å². The van der Waals surface area contributed by atoms with Gasteiger partial charge in [-0.1, -0.05) is 83.4 Å². The van der Waals surface area contributed by atoms with Crippen LogP contribution >= 0.6 is 23.2 Å². The van der Waals surface area contributed by atoms with Gasteiger partial charge in [-0.15, -0.1) is 0 Å². The minimum Gasteiger partial charge on any atom is -0.350 e. The molecule has 10 heteroatoms. The Balaban J connectivity index is 1.81. The molecule has 0 saturated heterocycles. The molecule has 4 aromatic rings. The van der Waals surface area contributed by atoms with Crippen LogP contribution in [0.3, 0.4) is 0 Å². The van der Waals surface area contributed by atoms with Gasteiger partial charge in [0.1, 0.15) is 12.6 Å². The van der Waals surface area contributed by atoms with E-state index in [-0.39, 0.29) is 29.5 Å². The lowest BCUT2D eigenvalue weighted by molar-refractivity contribution is -0.140. The highest BCUT2D eigenvalue weighted by atomic mass is 35.5. The van der Waals surface area contributed by atoms with E-state index in [9.17, 15) is 18.0 Å². The number of halogens is 2. The fraction of sp³-hybridized carbons (Fsp3) is 0.257. The maximum Gasteiger partial charge on any atom is 0.264 e. The van der Waals surface area contributed by atoms with Crippen molar-refractivity contribution >= 4 is 50.7 Å². The monoisotopic (exact) mass is 665 g/mol. The van der Waals surface area contributed by atoms with Crippen molar-refractivity contribution in [1.29, 1.82) is 0 Å². The lowest BCUT2D eigenvalue weighted by Gasteiger charge is -2.35. The third-order valence-electron chi connectivity index (χ3n) is 7.04. The largest absolute Gasteiger partial charge is 0.350 e. The minimum atomic E-state index is -4.20. The summed E-state index contributed by atoms with van der Waals surface area (Å²) in [7, 11) is -4.20. The van der Waals surface area contributed by atoms with Crippen molar-refractivity contribution in [3.63, 3.8) is 0 Å². The second-order valence-electron chi connectivity index (χ2n) is 11.9. The van der Waals surface area contributed by atoms with Crippen molar-refractivity contribution in [1.82, 2.24) is 10.2 Å². The lowest BCUT2D eigenvalue weighted by Crippen LogP contribution is -2.56. The molecule has 0 bridgehead atoms. The molecular weight excluding hydrogens is 629 g/mol. The van der Waals surface area contributed by atoms with Crippen molar-refractivity contribution < 1.29 is 18.0 Å². The van der Waals surface area contributed by atoms with Crippen molar-refractivity contribution in [3.8, 4) is 0 Å². The van der Waals surface area contributed by atoms with Crippen molar-refractivity contribution in [2.24, 2.45) is 0 Å². The summed E-state index contributed by atoms with van der Waals surface area (Å²) < 4.78 is 29.2. The number of carbonyl (C=O) groups excluding carboxylic acids is 2. The summed E-state index contributed by atoms with van der Waals surface area (Å²) >= 11 is 12.3. The van der Waals surface area contributed by atoms with Crippen LogP contribution in [0.1, 0.15) is 37.5 Å². The number of benzene rings is 4. The van der Waals surface area contributed by atoms with Gasteiger partial charge in [0.05, 0.1) is 10.6 Å². The molecule has 0 unspecified atom stereocenters. The summed E-state index contributed by atoms with van der Waals surface area (Å²) in [5.41, 5.74) is 2.16. The average Bonchev–Trinajstić information content (AvgIpc) is 2.99. The van der Waals surface area contributed by atoms with Gasteiger partial charge in [-0.25, -0.2) is 8.42 Å². The Hall–Kier alpha value is -3.85. The maximum atomic E-state index is 14.5. The van der Waals surface area contributed by atoms with E-state index in [1.807, 2.05) is 58.0 Å². The summed E-state index contributed by atoms with van der Waals surface area (Å²) in [6, 6.07) is 28.1. The van der Waals surface area contributed by atoms with Crippen LogP contribution in [0.2, 0.25) is 10.0 Å². The van der Waals surface area contributed by atoms with E-state index in [1.165, 1.54) is 17.0 Å². The molecule has 1 N–H and O–H groups in total. The highest BCUT2D eigenvalue weighted by Gasteiger charge is 2.35. The van der Waals surface area contributed by atoms with Gasteiger partial charge in [0.25, 0.3) is 10.0 Å². The molecule has 0 radical (unpaired) electrons. The summed E-state index contributed by atoms with van der Waals surface area (Å²) in [6.07, 6.45) is 0.216. The lowest BCUT2D eigenvalue weighted by atomic mass is 10.0. The number of carbonyl (C=O) groups is 2. The van der Waals surface area contributed by atoms with Crippen LogP contribution in [0.15, 0.2) is 108 Å². The van der Waals surface area contributed by atoms with Crippen LogP contribution in [0.4, 0.5) is 5.69 Å². The molecule has 0 fully saturated rings. The van der Waals surface area contributed by atoms with Crippen LogP contribution in [0, 0.1) is 6.92 Å². The van der Waals surface area contributed by atoms with E-state index in [2.05, 4.69) is 5.32 Å². The molecule has 4 aromatic carbocycles. The summed E-state index contributed by atoms with van der Waals surface area (Å²) in [5, 5.41) is 3.97. The summed E-state index contributed by atoms with van der Waals surface area (Å²) in [4.78, 5) is 29.9. The van der Waals surface area contributed by atoms with Crippen molar-refractivity contribution in [2.75, 3.05) is 10.8 Å². The van der Waals surface area contributed by atoms with Gasteiger partial charge in [-0.05, 0) is 87.4 Å². The zero-order valence-electron chi connectivity index (χ0n) is 25.7. The fourth-order valence-electron chi connectivity index (χ4n) is 4.77. The minimum absolute atomic E-state index is 0.0337. The summed E-state index contributed by atoms with van der Waals surface area (Å²) in [5.74, 6) is -0.909. The Labute approximate surface area is 275 Å². The SMILES string of the molecule is Cc1ccc(S(=O)(=O)N(CC(=O)N(Cc2ccc(Cl)cc2)[C@@H](Cc2ccccc2)C(=O)NC(C)(C)C)c2ccc(Cl)cc2)cc1. The van der Waals surface area contributed by atoms with Crippen molar-refractivity contribution in [3.05, 3.63) is 130 Å². The zero-order valence-corrected chi connectivity index (χ0v) is 28.0. The first kappa shape index (κ1) is 34.0. The predicted molar refractivity (Wildman–Crippen MR) is 181 cm³/mol. The first-order valence-corrected chi connectivity index (χ1v) is 16.7. The van der Waals surface area contributed by atoms with E-state index in [0.29, 0.717) is 10.0 Å². The van der Waals surface area contributed by atoms with E-state index in [4.69, 9.17) is 23.2 Å². The van der Waals surface area contributed by atoms with E-state index >= 15 is 0 Å².